The smallest absolute Gasteiger partial charge is 0.255 e. The number of hydrogen-bond acceptors (Lipinski definition) is 5. The zero-order chi connectivity index (χ0) is 22.9. The molecule has 0 saturated carbocycles. The summed E-state index contributed by atoms with van der Waals surface area (Å²) in [5.41, 5.74) is 11.5. The first-order valence-electron chi connectivity index (χ1n) is 10.6. The van der Waals surface area contributed by atoms with Crippen molar-refractivity contribution in [3.05, 3.63) is 98.0 Å². The van der Waals surface area contributed by atoms with Crippen LogP contribution in [0.2, 0.25) is 10.0 Å². The number of benzene rings is 2. The van der Waals surface area contributed by atoms with Gasteiger partial charge in [0.2, 0.25) is 0 Å². The molecule has 5 rings (SSSR count). The second-order valence-electron chi connectivity index (χ2n) is 8.13. The Balaban J connectivity index is 1.31. The van der Waals surface area contributed by atoms with Gasteiger partial charge in [0.05, 0.1) is 17.0 Å². The van der Waals surface area contributed by atoms with Gasteiger partial charge in [0.25, 0.3) is 5.56 Å². The molecular weight excluding hydrogens is 457 g/mol. The van der Waals surface area contributed by atoms with Crippen molar-refractivity contribution in [3.63, 3.8) is 0 Å². The quantitative estimate of drug-likeness (QED) is 0.406. The molecule has 0 fully saturated rings. The van der Waals surface area contributed by atoms with Crippen molar-refractivity contribution < 1.29 is 0 Å². The Hall–Kier alpha value is -3.19. The number of H-pyrrole nitrogens is 1. The molecule has 0 unspecified atom stereocenters. The second kappa shape index (κ2) is 8.98. The molecule has 2 aromatic carbocycles. The fourth-order valence-corrected chi connectivity index (χ4v) is 4.57. The molecule has 0 amide bonds. The number of nitrogens with one attached hydrogen (secondary N) is 1. The lowest BCUT2D eigenvalue weighted by atomic mass is 10.1. The summed E-state index contributed by atoms with van der Waals surface area (Å²) in [6, 6.07) is 16.7. The van der Waals surface area contributed by atoms with E-state index in [4.69, 9.17) is 33.9 Å². The van der Waals surface area contributed by atoms with E-state index in [9.17, 15) is 4.79 Å². The molecule has 0 bridgehead atoms. The summed E-state index contributed by atoms with van der Waals surface area (Å²) < 4.78 is 0. The Morgan fingerprint density at radius 2 is 1.76 bits per heavy atom. The topological polar surface area (TPSA) is 87.9 Å². The molecule has 0 spiro atoms. The van der Waals surface area contributed by atoms with Gasteiger partial charge < -0.3 is 10.7 Å². The number of fused-ring (bicyclic) bond motifs is 1. The van der Waals surface area contributed by atoms with Crippen LogP contribution in [0.1, 0.15) is 16.8 Å². The van der Waals surface area contributed by atoms with Crippen LogP contribution < -0.4 is 11.3 Å². The van der Waals surface area contributed by atoms with E-state index in [2.05, 4.69) is 14.9 Å². The number of anilines is 1. The molecule has 0 aliphatic carbocycles. The summed E-state index contributed by atoms with van der Waals surface area (Å²) in [4.78, 5) is 27.2. The van der Waals surface area contributed by atoms with Gasteiger partial charge >= 0.3 is 0 Å². The van der Waals surface area contributed by atoms with Crippen LogP contribution in [0.4, 0.5) is 5.69 Å². The second-order valence-corrected chi connectivity index (χ2v) is 9.01. The van der Waals surface area contributed by atoms with E-state index < -0.39 is 0 Å². The predicted octanol–water partition coefficient (Wildman–Crippen LogP) is 4.95. The summed E-state index contributed by atoms with van der Waals surface area (Å²) in [7, 11) is 0. The minimum absolute atomic E-state index is 0.0946. The van der Waals surface area contributed by atoms with Gasteiger partial charge in [0.15, 0.2) is 0 Å². The fraction of sp³-hybridized carbons (Fsp3) is 0.160. The monoisotopic (exact) mass is 477 g/mol. The van der Waals surface area contributed by atoms with Gasteiger partial charge in [-0.15, -0.1) is 0 Å². The zero-order valence-electron chi connectivity index (χ0n) is 17.7. The summed E-state index contributed by atoms with van der Waals surface area (Å²) in [6.07, 6.45) is 2.57. The van der Waals surface area contributed by atoms with Gasteiger partial charge in [0, 0.05) is 59.1 Å². The molecule has 1 aliphatic heterocycles. The van der Waals surface area contributed by atoms with Crippen molar-refractivity contribution in [3.8, 4) is 22.6 Å². The first kappa shape index (κ1) is 21.6. The molecule has 8 heteroatoms. The van der Waals surface area contributed by atoms with Gasteiger partial charge in [-0.25, -0.2) is 4.98 Å². The Kier molecular flexibility index (Phi) is 5.89. The van der Waals surface area contributed by atoms with Crippen molar-refractivity contribution in [2.75, 3.05) is 12.3 Å². The first-order valence-corrected chi connectivity index (χ1v) is 11.3. The highest BCUT2D eigenvalue weighted by atomic mass is 35.5. The lowest BCUT2D eigenvalue weighted by molar-refractivity contribution is 0.241. The number of nitrogens with two attached hydrogens (primary N) is 1. The van der Waals surface area contributed by atoms with E-state index in [1.54, 1.807) is 18.2 Å². The van der Waals surface area contributed by atoms with Gasteiger partial charge in [-0.2, -0.15) is 0 Å². The van der Waals surface area contributed by atoms with E-state index in [-0.39, 0.29) is 5.56 Å². The van der Waals surface area contributed by atoms with Crippen molar-refractivity contribution in [1.82, 2.24) is 19.9 Å². The number of halogens is 2. The highest BCUT2D eigenvalue weighted by molar-refractivity contribution is 6.35. The van der Waals surface area contributed by atoms with Gasteiger partial charge in [0.1, 0.15) is 5.82 Å². The van der Waals surface area contributed by atoms with E-state index >= 15 is 0 Å². The largest absolute Gasteiger partial charge is 0.399 e. The van der Waals surface area contributed by atoms with Crippen molar-refractivity contribution in [2.45, 2.75) is 19.5 Å². The highest BCUT2D eigenvalue weighted by Crippen LogP contribution is 2.26. The molecule has 33 heavy (non-hydrogen) atoms. The molecular formula is C25H21Cl2N5O. The van der Waals surface area contributed by atoms with Crippen LogP contribution in [0.25, 0.3) is 22.6 Å². The number of nitrogens with zero attached hydrogens (tertiary/aromatic N) is 3. The van der Waals surface area contributed by atoms with E-state index in [1.807, 2.05) is 42.6 Å². The molecule has 3 N–H and O–H groups in total. The fourth-order valence-electron chi connectivity index (χ4n) is 4.04. The van der Waals surface area contributed by atoms with Gasteiger partial charge in [-0.05, 0) is 54.1 Å². The minimum atomic E-state index is -0.0946. The van der Waals surface area contributed by atoms with E-state index in [0.717, 1.165) is 40.2 Å². The predicted molar refractivity (Wildman–Crippen MR) is 132 cm³/mol. The third-order valence-corrected chi connectivity index (χ3v) is 6.16. The van der Waals surface area contributed by atoms with Crippen LogP contribution in [0.5, 0.6) is 0 Å². The summed E-state index contributed by atoms with van der Waals surface area (Å²) >= 11 is 12.2. The minimum Gasteiger partial charge on any atom is -0.399 e. The maximum atomic E-state index is 12.8. The SMILES string of the molecule is Nc1ccc(-c2nc3c(c(=O)[nH]2)CN(Cc2ccc(-c4cc(Cl)cc(Cl)c4)nc2)CC3)cc1. The number of hydrogen-bond donors (Lipinski definition) is 2. The van der Waals surface area contributed by atoms with Crippen LogP contribution in [-0.4, -0.2) is 26.4 Å². The third-order valence-electron chi connectivity index (χ3n) is 5.72. The lowest BCUT2D eigenvalue weighted by Crippen LogP contribution is -2.35. The van der Waals surface area contributed by atoms with E-state index in [0.29, 0.717) is 41.1 Å². The zero-order valence-corrected chi connectivity index (χ0v) is 19.2. The van der Waals surface area contributed by atoms with Crippen molar-refractivity contribution in [2.24, 2.45) is 0 Å². The maximum absolute atomic E-state index is 12.8. The summed E-state index contributed by atoms with van der Waals surface area (Å²) in [5, 5.41) is 1.16. The molecule has 2 aromatic heterocycles. The number of rotatable bonds is 4. The van der Waals surface area contributed by atoms with Crippen LogP contribution in [0.3, 0.4) is 0 Å². The molecule has 0 atom stereocenters. The normalized spacial score (nSPS) is 13.6. The first-order chi connectivity index (χ1) is 15.9. The Labute approximate surface area is 201 Å². The molecule has 0 radical (unpaired) electrons. The van der Waals surface area contributed by atoms with Crippen LogP contribution in [0.15, 0.2) is 65.6 Å². The van der Waals surface area contributed by atoms with Crippen LogP contribution in [-0.2, 0) is 19.5 Å². The molecule has 0 saturated heterocycles. The molecule has 4 aromatic rings. The van der Waals surface area contributed by atoms with Gasteiger partial charge in [-0.1, -0.05) is 29.3 Å². The highest BCUT2D eigenvalue weighted by Gasteiger charge is 2.21. The Morgan fingerprint density at radius 1 is 1.00 bits per heavy atom. The average molecular weight is 478 g/mol. The summed E-state index contributed by atoms with van der Waals surface area (Å²) in [5.74, 6) is 0.577. The van der Waals surface area contributed by atoms with E-state index in [1.165, 1.54) is 0 Å². The average Bonchev–Trinajstić information content (AvgIpc) is 2.80. The van der Waals surface area contributed by atoms with Crippen molar-refractivity contribution in [1.29, 1.82) is 0 Å². The number of aromatic amines is 1. The molecule has 1 aliphatic rings. The lowest BCUT2D eigenvalue weighted by Gasteiger charge is -2.27. The van der Waals surface area contributed by atoms with Crippen molar-refractivity contribution >= 4 is 28.9 Å². The third kappa shape index (κ3) is 4.78. The molecule has 166 valence electrons. The number of aromatic nitrogens is 3. The number of nitrogen functional groups attached to an aromatic ring is 1. The molecule has 3 heterocycles. The number of pyridine rings is 1. The molecule has 6 nitrogen and oxygen atoms in total. The van der Waals surface area contributed by atoms with Crippen LogP contribution >= 0.6 is 23.2 Å². The summed E-state index contributed by atoms with van der Waals surface area (Å²) in [6.45, 7) is 2.06. The Morgan fingerprint density at radius 3 is 2.45 bits per heavy atom. The van der Waals surface area contributed by atoms with Crippen LogP contribution in [0, 0.1) is 0 Å². The standard InChI is InChI=1S/C25H21Cl2N5O/c26-18-9-17(10-19(27)11-18)22-6-1-15(12-29-22)13-32-8-7-23-21(14-32)25(33)31-24(30-23)16-2-4-20(28)5-3-16/h1-6,9-12H,7-8,13-14,28H2,(H,30,31,33). The maximum Gasteiger partial charge on any atom is 0.255 e. The Bertz CT molecular complexity index is 1350. The van der Waals surface area contributed by atoms with Gasteiger partial charge in [-0.3, -0.25) is 14.7 Å².